The molecule has 0 aromatic carbocycles. The Bertz CT molecular complexity index is 519. The number of carbonyl (C=O) groups is 2. The summed E-state index contributed by atoms with van der Waals surface area (Å²) in [5.41, 5.74) is 0. The van der Waals surface area contributed by atoms with Crippen molar-refractivity contribution in [1.82, 2.24) is 10.2 Å². The molecule has 0 aliphatic carbocycles. The first-order valence-electron chi connectivity index (χ1n) is 9.33. The van der Waals surface area contributed by atoms with Crippen molar-refractivity contribution < 1.29 is 33.6 Å². The average molecular weight is 398 g/mol. The van der Waals surface area contributed by atoms with Crippen molar-refractivity contribution in [3.63, 3.8) is 0 Å². The first kappa shape index (κ1) is 24.1. The molecule has 28 heavy (non-hydrogen) atoms. The van der Waals surface area contributed by atoms with Crippen LogP contribution < -0.4 is 5.32 Å². The molecule has 0 fully saturated rings. The smallest absolute Gasteiger partial charge is 0.248 e. The predicted octanol–water partition coefficient (Wildman–Crippen LogP) is -0.701. The summed E-state index contributed by atoms with van der Waals surface area (Å²) in [4.78, 5) is 24.3. The van der Waals surface area contributed by atoms with Crippen molar-refractivity contribution in [2.24, 2.45) is 0 Å². The molecule has 1 aliphatic rings. The largest absolute Gasteiger partial charge is 0.379 e. The molecule has 1 unspecified atom stereocenters. The third-order valence-electron chi connectivity index (χ3n) is 3.67. The average Bonchev–Trinajstić information content (AvgIpc) is 3.01. The molecule has 9 nitrogen and oxygen atoms in total. The van der Waals surface area contributed by atoms with E-state index in [1.54, 1.807) is 0 Å². The van der Waals surface area contributed by atoms with Crippen molar-refractivity contribution in [1.29, 1.82) is 0 Å². The van der Waals surface area contributed by atoms with E-state index in [1.807, 2.05) is 0 Å². The number of nitrogens with one attached hydrogen (secondary N) is 1. The summed E-state index contributed by atoms with van der Waals surface area (Å²) in [6.07, 6.45) is 7.71. The number of rotatable bonds is 17. The van der Waals surface area contributed by atoms with Gasteiger partial charge in [-0.2, -0.15) is 0 Å². The zero-order valence-electron chi connectivity index (χ0n) is 16.1. The maximum absolute atomic E-state index is 11.7. The molecular formula is C19H30N2O7. The standard InChI is InChI=1S/C19H30N2O7/c1-2-9-25-13-14-26-10-3-11-27-15-16-28-12-7-20-17(22)6-8-21-18(23)4-5-19(21)24/h1,4-5,18,23H,3,6-16H2,(H,20,22). The minimum absolute atomic E-state index is 0.131. The molecule has 2 N–H and O–H groups in total. The molecule has 1 atom stereocenters. The van der Waals surface area contributed by atoms with Crippen LogP contribution in [0.15, 0.2) is 12.2 Å². The van der Waals surface area contributed by atoms with Gasteiger partial charge in [0.05, 0.1) is 33.0 Å². The van der Waals surface area contributed by atoms with E-state index in [-0.39, 0.29) is 24.8 Å². The van der Waals surface area contributed by atoms with Gasteiger partial charge in [0.25, 0.3) is 0 Å². The van der Waals surface area contributed by atoms with Crippen LogP contribution in [0.25, 0.3) is 0 Å². The van der Waals surface area contributed by atoms with Gasteiger partial charge < -0.3 is 34.3 Å². The van der Waals surface area contributed by atoms with Gasteiger partial charge in [-0.25, -0.2) is 0 Å². The second-order valence-corrected chi connectivity index (χ2v) is 5.85. The zero-order valence-corrected chi connectivity index (χ0v) is 16.1. The first-order valence-corrected chi connectivity index (χ1v) is 9.33. The Hall–Kier alpha value is -1.96. The van der Waals surface area contributed by atoms with Gasteiger partial charge in [-0.15, -0.1) is 6.42 Å². The fourth-order valence-corrected chi connectivity index (χ4v) is 2.25. The van der Waals surface area contributed by atoms with Gasteiger partial charge in [-0.05, 0) is 12.5 Å². The molecule has 0 radical (unpaired) electrons. The van der Waals surface area contributed by atoms with Gasteiger partial charge in [0.1, 0.15) is 12.8 Å². The summed E-state index contributed by atoms with van der Waals surface area (Å²) < 4.78 is 21.2. The maximum Gasteiger partial charge on any atom is 0.248 e. The van der Waals surface area contributed by atoms with Crippen molar-refractivity contribution in [2.75, 3.05) is 65.9 Å². The van der Waals surface area contributed by atoms with Gasteiger partial charge in [-0.1, -0.05) is 5.92 Å². The van der Waals surface area contributed by atoms with Crippen molar-refractivity contribution in [2.45, 2.75) is 19.1 Å². The van der Waals surface area contributed by atoms with Crippen molar-refractivity contribution in [3.8, 4) is 12.3 Å². The lowest BCUT2D eigenvalue weighted by molar-refractivity contribution is -0.131. The summed E-state index contributed by atoms with van der Waals surface area (Å²) in [6, 6.07) is 0. The van der Waals surface area contributed by atoms with E-state index < -0.39 is 6.23 Å². The SMILES string of the molecule is C#CCOCCOCCCOCCOCCNC(=O)CCN1C(=O)C=CC1O. The van der Waals surface area contributed by atoms with Crippen LogP contribution in [-0.4, -0.2) is 94.0 Å². The Kier molecular flexibility index (Phi) is 13.8. The van der Waals surface area contributed by atoms with Gasteiger partial charge in [0.2, 0.25) is 11.8 Å². The Morgan fingerprint density at radius 2 is 1.75 bits per heavy atom. The van der Waals surface area contributed by atoms with Crippen molar-refractivity contribution >= 4 is 11.8 Å². The van der Waals surface area contributed by atoms with E-state index in [1.165, 1.54) is 17.1 Å². The normalized spacial score (nSPS) is 15.8. The molecule has 1 rings (SSSR count). The van der Waals surface area contributed by atoms with Crippen LogP contribution in [0.2, 0.25) is 0 Å². The summed E-state index contributed by atoms with van der Waals surface area (Å²) in [5.74, 6) is 1.90. The molecular weight excluding hydrogens is 368 g/mol. The molecule has 1 heterocycles. The molecule has 9 heteroatoms. The Morgan fingerprint density at radius 3 is 2.36 bits per heavy atom. The third kappa shape index (κ3) is 11.7. The molecule has 158 valence electrons. The van der Waals surface area contributed by atoms with E-state index >= 15 is 0 Å². The van der Waals surface area contributed by atoms with Crippen LogP contribution in [0, 0.1) is 12.3 Å². The highest BCUT2D eigenvalue weighted by Gasteiger charge is 2.23. The second-order valence-electron chi connectivity index (χ2n) is 5.85. The van der Waals surface area contributed by atoms with E-state index in [9.17, 15) is 14.7 Å². The zero-order chi connectivity index (χ0) is 20.5. The fourth-order valence-electron chi connectivity index (χ4n) is 2.25. The maximum atomic E-state index is 11.7. The van der Waals surface area contributed by atoms with Crippen LogP contribution >= 0.6 is 0 Å². The number of carbonyl (C=O) groups excluding carboxylic acids is 2. The van der Waals surface area contributed by atoms with Gasteiger partial charge in [0, 0.05) is 38.8 Å². The molecule has 1 aliphatic heterocycles. The minimum Gasteiger partial charge on any atom is -0.379 e. The molecule has 2 amide bonds. The van der Waals surface area contributed by atoms with Gasteiger partial charge >= 0.3 is 0 Å². The monoisotopic (exact) mass is 398 g/mol. The van der Waals surface area contributed by atoms with Crippen LogP contribution in [0.4, 0.5) is 0 Å². The summed E-state index contributed by atoms with van der Waals surface area (Å²) in [7, 11) is 0. The highest BCUT2D eigenvalue weighted by atomic mass is 16.5. The van der Waals surface area contributed by atoms with E-state index in [0.717, 1.165) is 6.42 Å². The fraction of sp³-hybridized carbons (Fsp3) is 0.684. The number of aliphatic hydroxyl groups is 1. The lowest BCUT2D eigenvalue weighted by Crippen LogP contribution is -2.37. The van der Waals surface area contributed by atoms with Crippen LogP contribution in [0.1, 0.15) is 12.8 Å². The van der Waals surface area contributed by atoms with Crippen LogP contribution in [-0.2, 0) is 28.5 Å². The number of aliphatic hydroxyl groups excluding tert-OH is 1. The molecule has 0 aromatic heterocycles. The summed E-state index contributed by atoms with van der Waals surface area (Å²) >= 11 is 0. The number of amides is 2. The summed E-state index contributed by atoms with van der Waals surface area (Å²) in [6.45, 7) is 4.34. The number of ether oxygens (including phenoxy) is 4. The topological polar surface area (TPSA) is 107 Å². The second kappa shape index (κ2) is 16.0. The Morgan fingerprint density at radius 1 is 1.11 bits per heavy atom. The molecule has 0 saturated heterocycles. The van der Waals surface area contributed by atoms with E-state index in [2.05, 4.69) is 11.2 Å². The Labute approximate surface area is 165 Å². The lowest BCUT2D eigenvalue weighted by Gasteiger charge is -2.19. The molecule has 0 spiro atoms. The van der Waals surface area contributed by atoms with Crippen LogP contribution in [0.5, 0.6) is 0 Å². The first-order chi connectivity index (χ1) is 13.6. The number of hydrogen-bond donors (Lipinski definition) is 2. The molecule has 0 bridgehead atoms. The van der Waals surface area contributed by atoms with E-state index in [0.29, 0.717) is 59.4 Å². The number of nitrogens with zero attached hydrogens (tertiary/aromatic N) is 1. The third-order valence-corrected chi connectivity index (χ3v) is 3.67. The minimum atomic E-state index is -0.942. The highest BCUT2D eigenvalue weighted by molar-refractivity contribution is 5.90. The predicted molar refractivity (Wildman–Crippen MR) is 101 cm³/mol. The van der Waals surface area contributed by atoms with Gasteiger partial charge in [-0.3, -0.25) is 9.59 Å². The Balaban J connectivity index is 1.80. The quantitative estimate of drug-likeness (QED) is 0.246. The van der Waals surface area contributed by atoms with Crippen molar-refractivity contribution in [3.05, 3.63) is 12.2 Å². The molecule has 0 saturated carbocycles. The van der Waals surface area contributed by atoms with E-state index in [4.69, 9.17) is 25.4 Å². The van der Waals surface area contributed by atoms with Crippen LogP contribution in [0.3, 0.4) is 0 Å². The molecule has 0 aromatic rings. The lowest BCUT2D eigenvalue weighted by atomic mass is 10.3. The van der Waals surface area contributed by atoms with Gasteiger partial charge in [0.15, 0.2) is 0 Å². The number of terminal acetylenes is 1. The number of hydrogen-bond acceptors (Lipinski definition) is 7. The highest BCUT2D eigenvalue weighted by Crippen LogP contribution is 2.08. The summed E-state index contributed by atoms with van der Waals surface area (Å²) in [5, 5.41) is 12.2.